The lowest BCUT2D eigenvalue weighted by atomic mass is 10.1. The molecule has 1 heterocycles. The first-order valence-electron chi connectivity index (χ1n) is 5.53. The molecule has 1 aromatic heterocycles. The summed E-state index contributed by atoms with van der Waals surface area (Å²) < 4.78 is 5.43. The molecule has 5 heteroatoms. The zero-order chi connectivity index (χ0) is 12.8. The Kier molecular flexibility index (Phi) is 3.86. The molecule has 0 N–H and O–H groups in total. The summed E-state index contributed by atoms with van der Waals surface area (Å²) in [5.74, 6) is 0.558. The Morgan fingerprint density at radius 2 is 2.11 bits per heavy atom. The van der Waals surface area contributed by atoms with E-state index < -0.39 is 4.92 Å². The molecule has 0 fully saturated rings. The van der Waals surface area contributed by atoms with Gasteiger partial charge in [0, 0.05) is 30.8 Å². The van der Waals surface area contributed by atoms with Gasteiger partial charge in [-0.05, 0) is 11.6 Å². The van der Waals surface area contributed by atoms with Gasteiger partial charge < -0.3 is 4.74 Å². The van der Waals surface area contributed by atoms with Crippen LogP contribution in [0, 0.1) is 10.1 Å². The number of hydrogen-bond acceptors (Lipinski definition) is 4. The second-order valence-electron chi connectivity index (χ2n) is 3.69. The van der Waals surface area contributed by atoms with Gasteiger partial charge in [0.25, 0.3) is 5.69 Å². The Morgan fingerprint density at radius 3 is 2.83 bits per heavy atom. The molecule has 5 nitrogen and oxygen atoms in total. The summed E-state index contributed by atoms with van der Waals surface area (Å²) in [6.45, 7) is 0.443. The van der Waals surface area contributed by atoms with Crippen LogP contribution in [-0.2, 0) is 6.42 Å². The fourth-order valence-corrected chi connectivity index (χ4v) is 1.53. The second-order valence-corrected chi connectivity index (χ2v) is 3.69. The number of nitro benzene ring substituents is 1. The lowest BCUT2D eigenvalue weighted by molar-refractivity contribution is -0.384. The van der Waals surface area contributed by atoms with Gasteiger partial charge in [-0.2, -0.15) is 0 Å². The fourth-order valence-electron chi connectivity index (χ4n) is 1.53. The standard InChI is InChI=1S/C13H12N2O3/c16-15(17)12-5-3-4-11(10-12)7-9-18-13-6-1-2-8-14-13/h1-6,8,10H,7,9H2. The van der Waals surface area contributed by atoms with Crippen molar-refractivity contribution in [3.05, 3.63) is 64.3 Å². The molecule has 2 aromatic rings. The summed E-state index contributed by atoms with van der Waals surface area (Å²) >= 11 is 0. The zero-order valence-electron chi connectivity index (χ0n) is 9.65. The minimum Gasteiger partial charge on any atom is -0.477 e. The molecule has 18 heavy (non-hydrogen) atoms. The molecule has 0 unspecified atom stereocenters. The van der Waals surface area contributed by atoms with Crippen LogP contribution in [0.4, 0.5) is 5.69 Å². The maximum absolute atomic E-state index is 10.6. The van der Waals surface area contributed by atoms with Gasteiger partial charge in [-0.15, -0.1) is 0 Å². The molecule has 0 amide bonds. The number of benzene rings is 1. The van der Waals surface area contributed by atoms with E-state index >= 15 is 0 Å². The molecule has 1 aromatic carbocycles. The topological polar surface area (TPSA) is 65.3 Å². The maximum atomic E-state index is 10.6. The van der Waals surface area contributed by atoms with E-state index in [0.29, 0.717) is 18.9 Å². The average molecular weight is 244 g/mol. The Balaban J connectivity index is 1.90. The molecule has 0 atom stereocenters. The number of nitrogens with zero attached hydrogens (tertiary/aromatic N) is 2. The highest BCUT2D eigenvalue weighted by Crippen LogP contribution is 2.13. The van der Waals surface area contributed by atoms with Gasteiger partial charge in [-0.25, -0.2) is 4.98 Å². The summed E-state index contributed by atoms with van der Waals surface area (Å²) in [6.07, 6.45) is 2.26. The van der Waals surface area contributed by atoms with Crippen LogP contribution >= 0.6 is 0 Å². The van der Waals surface area contributed by atoms with Gasteiger partial charge >= 0.3 is 0 Å². The zero-order valence-corrected chi connectivity index (χ0v) is 9.65. The summed E-state index contributed by atoms with van der Waals surface area (Å²) in [5.41, 5.74) is 0.977. The van der Waals surface area contributed by atoms with Crippen molar-refractivity contribution >= 4 is 5.69 Å². The van der Waals surface area contributed by atoms with E-state index in [1.165, 1.54) is 6.07 Å². The predicted octanol–water partition coefficient (Wildman–Crippen LogP) is 2.61. The lowest BCUT2D eigenvalue weighted by Gasteiger charge is -2.04. The third kappa shape index (κ3) is 3.28. The number of ether oxygens (including phenoxy) is 1. The Bertz CT molecular complexity index is 529. The third-order valence-electron chi connectivity index (χ3n) is 2.40. The molecule has 0 radical (unpaired) electrons. The Labute approximate surface area is 104 Å². The molecule has 0 aliphatic carbocycles. The molecule has 0 bridgehead atoms. The van der Waals surface area contributed by atoms with E-state index in [0.717, 1.165) is 5.56 Å². The second kappa shape index (κ2) is 5.77. The summed E-state index contributed by atoms with van der Waals surface area (Å²) in [5, 5.41) is 10.6. The van der Waals surface area contributed by atoms with Crippen LogP contribution in [0.15, 0.2) is 48.7 Å². The first-order valence-corrected chi connectivity index (χ1v) is 5.53. The summed E-state index contributed by atoms with van der Waals surface area (Å²) in [7, 11) is 0. The molecular formula is C13H12N2O3. The van der Waals surface area contributed by atoms with Crippen LogP contribution in [0.2, 0.25) is 0 Å². The molecule has 0 aliphatic rings. The van der Waals surface area contributed by atoms with E-state index in [1.807, 2.05) is 18.2 Å². The molecule has 92 valence electrons. The van der Waals surface area contributed by atoms with Gasteiger partial charge in [0.2, 0.25) is 5.88 Å². The van der Waals surface area contributed by atoms with Crippen LogP contribution in [0.1, 0.15) is 5.56 Å². The van der Waals surface area contributed by atoms with Crippen molar-refractivity contribution in [2.24, 2.45) is 0 Å². The molecule has 0 spiro atoms. The lowest BCUT2D eigenvalue weighted by Crippen LogP contribution is -2.02. The van der Waals surface area contributed by atoms with Crippen molar-refractivity contribution in [3.8, 4) is 5.88 Å². The molecule has 2 rings (SSSR count). The quantitative estimate of drug-likeness (QED) is 0.599. The van der Waals surface area contributed by atoms with Gasteiger partial charge in [0.15, 0.2) is 0 Å². The van der Waals surface area contributed by atoms with Crippen molar-refractivity contribution in [2.45, 2.75) is 6.42 Å². The van der Waals surface area contributed by atoms with Crippen molar-refractivity contribution in [1.82, 2.24) is 4.98 Å². The number of pyridine rings is 1. The number of non-ortho nitro benzene ring substituents is 1. The van der Waals surface area contributed by atoms with Gasteiger partial charge in [-0.3, -0.25) is 10.1 Å². The van der Waals surface area contributed by atoms with Crippen LogP contribution in [0.25, 0.3) is 0 Å². The van der Waals surface area contributed by atoms with E-state index in [4.69, 9.17) is 4.74 Å². The first-order chi connectivity index (χ1) is 8.75. The number of nitro groups is 1. The first kappa shape index (κ1) is 12.0. The minimum atomic E-state index is -0.400. The van der Waals surface area contributed by atoms with Crippen LogP contribution < -0.4 is 4.74 Å². The van der Waals surface area contributed by atoms with Crippen LogP contribution in [-0.4, -0.2) is 16.5 Å². The summed E-state index contributed by atoms with van der Waals surface area (Å²) in [6, 6.07) is 12.0. The minimum absolute atomic E-state index is 0.102. The van der Waals surface area contributed by atoms with E-state index in [9.17, 15) is 10.1 Å². The van der Waals surface area contributed by atoms with Crippen LogP contribution in [0.5, 0.6) is 5.88 Å². The van der Waals surface area contributed by atoms with Gasteiger partial charge in [0.1, 0.15) is 0 Å². The number of rotatable bonds is 5. The highest BCUT2D eigenvalue weighted by Gasteiger charge is 2.05. The maximum Gasteiger partial charge on any atom is 0.269 e. The monoisotopic (exact) mass is 244 g/mol. The van der Waals surface area contributed by atoms with E-state index in [-0.39, 0.29) is 5.69 Å². The normalized spacial score (nSPS) is 10.0. The van der Waals surface area contributed by atoms with Gasteiger partial charge in [-0.1, -0.05) is 18.2 Å². The number of hydrogen-bond donors (Lipinski definition) is 0. The highest BCUT2D eigenvalue weighted by molar-refractivity contribution is 5.34. The highest BCUT2D eigenvalue weighted by atomic mass is 16.6. The Hall–Kier alpha value is -2.43. The molecule has 0 saturated heterocycles. The Morgan fingerprint density at radius 1 is 1.22 bits per heavy atom. The summed E-state index contributed by atoms with van der Waals surface area (Å²) in [4.78, 5) is 14.2. The van der Waals surface area contributed by atoms with Crippen molar-refractivity contribution in [2.75, 3.05) is 6.61 Å². The smallest absolute Gasteiger partial charge is 0.269 e. The molecular weight excluding hydrogens is 232 g/mol. The van der Waals surface area contributed by atoms with Crippen LogP contribution in [0.3, 0.4) is 0 Å². The predicted molar refractivity (Wildman–Crippen MR) is 66.5 cm³/mol. The van der Waals surface area contributed by atoms with Crippen molar-refractivity contribution in [3.63, 3.8) is 0 Å². The van der Waals surface area contributed by atoms with Crippen molar-refractivity contribution < 1.29 is 9.66 Å². The van der Waals surface area contributed by atoms with E-state index in [1.54, 1.807) is 24.4 Å². The largest absolute Gasteiger partial charge is 0.477 e. The molecule has 0 aliphatic heterocycles. The van der Waals surface area contributed by atoms with Crippen molar-refractivity contribution in [1.29, 1.82) is 0 Å². The van der Waals surface area contributed by atoms with E-state index in [2.05, 4.69) is 4.98 Å². The third-order valence-corrected chi connectivity index (χ3v) is 2.40. The number of aromatic nitrogens is 1. The average Bonchev–Trinajstić information content (AvgIpc) is 2.40. The SMILES string of the molecule is O=[N+]([O-])c1cccc(CCOc2ccccn2)c1. The van der Waals surface area contributed by atoms with Gasteiger partial charge in [0.05, 0.1) is 11.5 Å². The molecule has 0 saturated carbocycles. The fraction of sp³-hybridized carbons (Fsp3) is 0.154.